The molecule has 0 aliphatic rings. The first-order valence-electron chi connectivity index (χ1n) is 10.9. The summed E-state index contributed by atoms with van der Waals surface area (Å²) in [7, 11) is 0. The number of nitrogens with one attached hydrogen (secondary N) is 1. The summed E-state index contributed by atoms with van der Waals surface area (Å²) in [6, 6.07) is 26.1. The fourth-order valence-corrected chi connectivity index (χ4v) is 3.30. The zero-order valence-corrected chi connectivity index (χ0v) is 18.7. The Balaban J connectivity index is 1.77. The maximum Gasteiger partial charge on any atom is 0.0340 e. The van der Waals surface area contributed by atoms with Crippen molar-refractivity contribution < 1.29 is 0 Å². The zero-order chi connectivity index (χ0) is 21.3. The van der Waals surface area contributed by atoms with Gasteiger partial charge in [0.05, 0.1) is 0 Å². The van der Waals surface area contributed by atoms with Gasteiger partial charge in [0.2, 0.25) is 0 Å². The van der Waals surface area contributed by atoms with Crippen molar-refractivity contribution in [1.82, 2.24) is 0 Å². The van der Waals surface area contributed by atoms with E-state index >= 15 is 0 Å². The Morgan fingerprint density at radius 2 is 1.30 bits per heavy atom. The molecule has 0 saturated carbocycles. The van der Waals surface area contributed by atoms with Crippen LogP contribution in [0.3, 0.4) is 0 Å². The van der Waals surface area contributed by atoms with E-state index in [2.05, 4.69) is 124 Å². The topological polar surface area (TPSA) is 12.0 Å². The SMILES string of the molecule is Cc1ccc(C(=C/C=C/c2ccc(NCCC(C)C)cc2)c2ccc(C)cc2)cc1. The van der Waals surface area contributed by atoms with E-state index in [9.17, 15) is 0 Å². The quantitative estimate of drug-likeness (QED) is 0.382. The Morgan fingerprint density at radius 1 is 0.767 bits per heavy atom. The lowest BCUT2D eigenvalue weighted by molar-refractivity contribution is 0.607. The number of allylic oxidation sites excluding steroid dienone is 2. The smallest absolute Gasteiger partial charge is 0.0340 e. The fourth-order valence-electron chi connectivity index (χ4n) is 3.30. The standard InChI is InChI=1S/C29H33N/c1-22(2)20-21-30-28-18-12-25(13-19-28)6-5-7-29(26-14-8-23(3)9-15-26)27-16-10-24(4)11-17-27/h5-19,22,30H,20-21H2,1-4H3/b6-5+. The third kappa shape index (κ3) is 6.49. The highest BCUT2D eigenvalue weighted by atomic mass is 14.9. The second kappa shape index (κ2) is 10.6. The molecule has 154 valence electrons. The predicted molar refractivity (Wildman–Crippen MR) is 133 cm³/mol. The largest absolute Gasteiger partial charge is 0.385 e. The van der Waals surface area contributed by atoms with E-state index in [0.29, 0.717) is 0 Å². The van der Waals surface area contributed by atoms with E-state index in [4.69, 9.17) is 0 Å². The third-order valence-electron chi connectivity index (χ3n) is 5.24. The Kier molecular flexibility index (Phi) is 7.68. The lowest BCUT2D eigenvalue weighted by Crippen LogP contribution is -2.04. The summed E-state index contributed by atoms with van der Waals surface area (Å²) < 4.78 is 0. The second-order valence-electron chi connectivity index (χ2n) is 8.40. The van der Waals surface area contributed by atoms with Gasteiger partial charge in [-0.25, -0.2) is 0 Å². The summed E-state index contributed by atoms with van der Waals surface area (Å²) in [6.07, 6.45) is 7.72. The van der Waals surface area contributed by atoms with E-state index in [1.807, 2.05) is 0 Å². The molecule has 3 aromatic rings. The van der Waals surface area contributed by atoms with E-state index < -0.39 is 0 Å². The normalized spacial score (nSPS) is 11.1. The first-order valence-corrected chi connectivity index (χ1v) is 10.9. The summed E-state index contributed by atoms with van der Waals surface area (Å²) in [6.45, 7) is 9.78. The first kappa shape index (κ1) is 21.6. The average molecular weight is 396 g/mol. The molecule has 1 nitrogen and oxygen atoms in total. The molecule has 0 atom stereocenters. The van der Waals surface area contributed by atoms with Crippen LogP contribution in [0.25, 0.3) is 11.6 Å². The molecule has 3 rings (SSSR count). The van der Waals surface area contributed by atoms with Crippen molar-refractivity contribution in [3.05, 3.63) is 113 Å². The van der Waals surface area contributed by atoms with Gasteiger partial charge in [0, 0.05) is 12.2 Å². The molecule has 0 bridgehead atoms. The highest BCUT2D eigenvalue weighted by Gasteiger charge is 2.04. The molecule has 0 amide bonds. The summed E-state index contributed by atoms with van der Waals surface area (Å²) in [5.74, 6) is 0.725. The van der Waals surface area contributed by atoms with E-state index in [0.717, 1.165) is 12.5 Å². The fraction of sp³-hybridized carbons (Fsp3) is 0.241. The molecule has 3 aromatic carbocycles. The van der Waals surface area contributed by atoms with Gasteiger partial charge >= 0.3 is 0 Å². The molecule has 0 spiro atoms. The van der Waals surface area contributed by atoms with Gasteiger partial charge < -0.3 is 5.32 Å². The molecule has 0 fully saturated rings. The van der Waals surface area contributed by atoms with Crippen LogP contribution < -0.4 is 5.32 Å². The summed E-state index contributed by atoms with van der Waals surface area (Å²) >= 11 is 0. The Morgan fingerprint density at radius 3 is 1.80 bits per heavy atom. The van der Waals surface area contributed by atoms with Crippen molar-refractivity contribution >= 4 is 17.3 Å². The molecular weight excluding hydrogens is 362 g/mol. The number of aryl methyl sites for hydroxylation is 2. The number of anilines is 1. The second-order valence-corrected chi connectivity index (χ2v) is 8.40. The van der Waals surface area contributed by atoms with Crippen molar-refractivity contribution in [2.75, 3.05) is 11.9 Å². The zero-order valence-electron chi connectivity index (χ0n) is 18.7. The van der Waals surface area contributed by atoms with Gasteiger partial charge in [-0.05, 0) is 60.6 Å². The van der Waals surface area contributed by atoms with E-state index in [1.165, 1.54) is 45.5 Å². The molecule has 0 unspecified atom stereocenters. The highest BCUT2D eigenvalue weighted by Crippen LogP contribution is 2.24. The highest BCUT2D eigenvalue weighted by molar-refractivity contribution is 5.81. The maximum atomic E-state index is 3.49. The maximum absolute atomic E-state index is 3.49. The average Bonchev–Trinajstić information content (AvgIpc) is 2.74. The molecular formula is C29H33N. The predicted octanol–water partition coefficient (Wildman–Crippen LogP) is 7.91. The lowest BCUT2D eigenvalue weighted by atomic mass is 9.96. The summed E-state index contributed by atoms with van der Waals surface area (Å²) in [5.41, 5.74) is 8.64. The van der Waals surface area contributed by atoms with Crippen LogP contribution in [0.4, 0.5) is 5.69 Å². The molecule has 1 heteroatoms. The van der Waals surface area contributed by atoms with Crippen LogP contribution in [0, 0.1) is 19.8 Å². The van der Waals surface area contributed by atoms with Gasteiger partial charge in [-0.1, -0.05) is 104 Å². The molecule has 0 aliphatic heterocycles. The minimum absolute atomic E-state index is 0.725. The summed E-state index contributed by atoms with van der Waals surface area (Å²) in [4.78, 5) is 0. The van der Waals surface area contributed by atoms with Crippen LogP contribution >= 0.6 is 0 Å². The number of hydrogen-bond donors (Lipinski definition) is 1. The van der Waals surface area contributed by atoms with Crippen molar-refractivity contribution in [3.63, 3.8) is 0 Å². The summed E-state index contributed by atoms with van der Waals surface area (Å²) in [5, 5.41) is 3.49. The van der Waals surface area contributed by atoms with Crippen molar-refractivity contribution in [2.24, 2.45) is 5.92 Å². The molecule has 0 heterocycles. The van der Waals surface area contributed by atoms with E-state index in [1.54, 1.807) is 0 Å². The Bertz CT molecular complexity index is 925. The Labute approximate surface area is 182 Å². The molecule has 0 aliphatic carbocycles. The lowest BCUT2D eigenvalue weighted by Gasteiger charge is -2.09. The molecule has 1 N–H and O–H groups in total. The number of rotatable bonds is 8. The molecule has 30 heavy (non-hydrogen) atoms. The third-order valence-corrected chi connectivity index (χ3v) is 5.24. The van der Waals surface area contributed by atoms with Crippen molar-refractivity contribution in [3.8, 4) is 0 Å². The van der Waals surface area contributed by atoms with Crippen molar-refractivity contribution in [1.29, 1.82) is 0 Å². The van der Waals surface area contributed by atoms with Gasteiger partial charge in [0.25, 0.3) is 0 Å². The van der Waals surface area contributed by atoms with Crippen LogP contribution in [0.2, 0.25) is 0 Å². The van der Waals surface area contributed by atoms with Gasteiger partial charge in [-0.2, -0.15) is 0 Å². The molecule has 0 saturated heterocycles. The minimum atomic E-state index is 0.725. The van der Waals surface area contributed by atoms with Crippen LogP contribution in [-0.2, 0) is 0 Å². The number of hydrogen-bond acceptors (Lipinski definition) is 1. The van der Waals surface area contributed by atoms with Crippen LogP contribution in [0.1, 0.15) is 48.1 Å². The molecule has 0 aromatic heterocycles. The first-order chi connectivity index (χ1) is 14.5. The van der Waals surface area contributed by atoms with Gasteiger partial charge in [0.1, 0.15) is 0 Å². The number of benzene rings is 3. The van der Waals surface area contributed by atoms with Crippen LogP contribution in [-0.4, -0.2) is 6.54 Å². The van der Waals surface area contributed by atoms with Gasteiger partial charge in [-0.15, -0.1) is 0 Å². The van der Waals surface area contributed by atoms with Crippen LogP contribution in [0.5, 0.6) is 0 Å². The van der Waals surface area contributed by atoms with Gasteiger partial charge in [0.15, 0.2) is 0 Å². The van der Waals surface area contributed by atoms with E-state index in [-0.39, 0.29) is 0 Å². The Hall–Kier alpha value is -3.06. The van der Waals surface area contributed by atoms with Gasteiger partial charge in [-0.3, -0.25) is 0 Å². The van der Waals surface area contributed by atoms with Crippen molar-refractivity contribution in [2.45, 2.75) is 34.1 Å². The monoisotopic (exact) mass is 395 g/mol. The minimum Gasteiger partial charge on any atom is -0.385 e. The van der Waals surface area contributed by atoms with Crippen LogP contribution in [0.15, 0.2) is 84.9 Å². The molecule has 0 radical (unpaired) electrons.